The normalized spacial score (nSPS) is 10.8. The van der Waals surface area contributed by atoms with Crippen molar-refractivity contribution in [1.29, 1.82) is 0 Å². The Labute approximate surface area is 115 Å². The Bertz CT molecular complexity index is 543. The summed E-state index contributed by atoms with van der Waals surface area (Å²) in [5, 5.41) is 7.54. The molecular formula is C13H12N6O. The minimum Gasteiger partial charge on any atom is -0.265 e. The summed E-state index contributed by atoms with van der Waals surface area (Å²) in [6, 6.07) is 6.55. The number of hydrazone groups is 2. The summed E-state index contributed by atoms with van der Waals surface area (Å²) < 4.78 is 0. The molecule has 2 heterocycles. The molecule has 7 heteroatoms. The van der Waals surface area contributed by atoms with E-state index in [9.17, 15) is 4.79 Å². The summed E-state index contributed by atoms with van der Waals surface area (Å²) in [6.07, 6.45) is 9.57. The van der Waals surface area contributed by atoms with Gasteiger partial charge >= 0.3 is 6.03 Å². The highest BCUT2D eigenvalue weighted by Crippen LogP contribution is 1.91. The van der Waals surface area contributed by atoms with Crippen LogP contribution >= 0.6 is 0 Å². The van der Waals surface area contributed by atoms with Crippen LogP contribution in [0.5, 0.6) is 0 Å². The highest BCUT2D eigenvalue weighted by molar-refractivity contribution is 5.83. The van der Waals surface area contributed by atoms with Crippen LogP contribution in [0.3, 0.4) is 0 Å². The van der Waals surface area contributed by atoms with Crippen LogP contribution in [0.15, 0.2) is 59.3 Å². The molecule has 0 aliphatic carbocycles. The van der Waals surface area contributed by atoms with Crippen LogP contribution in [0, 0.1) is 0 Å². The van der Waals surface area contributed by atoms with E-state index in [2.05, 4.69) is 31.0 Å². The van der Waals surface area contributed by atoms with Gasteiger partial charge < -0.3 is 0 Å². The van der Waals surface area contributed by atoms with Gasteiger partial charge in [0.2, 0.25) is 0 Å². The fourth-order valence-corrected chi connectivity index (χ4v) is 1.25. The molecule has 0 aromatic carbocycles. The maximum atomic E-state index is 11.3. The molecule has 0 aliphatic rings. The second kappa shape index (κ2) is 7.37. The molecule has 7 nitrogen and oxygen atoms in total. The van der Waals surface area contributed by atoms with Gasteiger partial charge in [-0.15, -0.1) is 0 Å². The zero-order valence-corrected chi connectivity index (χ0v) is 10.5. The zero-order chi connectivity index (χ0) is 14.0. The van der Waals surface area contributed by atoms with Crippen LogP contribution in [-0.4, -0.2) is 28.4 Å². The van der Waals surface area contributed by atoms with Crippen molar-refractivity contribution < 1.29 is 4.79 Å². The van der Waals surface area contributed by atoms with Crippen LogP contribution in [0.1, 0.15) is 11.1 Å². The number of rotatable bonds is 4. The van der Waals surface area contributed by atoms with E-state index in [0.29, 0.717) is 0 Å². The summed E-state index contributed by atoms with van der Waals surface area (Å²) in [6.45, 7) is 0. The predicted molar refractivity (Wildman–Crippen MR) is 75.3 cm³/mol. The molecule has 2 N–H and O–H groups in total. The third-order valence-corrected chi connectivity index (χ3v) is 2.17. The number of nitrogens with one attached hydrogen (secondary N) is 2. The lowest BCUT2D eigenvalue weighted by Crippen LogP contribution is -2.28. The van der Waals surface area contributed by atoms with Crippen LogP contribution in [0.2, 0.25) is 0 Å². The number of nitrogens with zero attached hydrogens (tertiary/aromatic N) is 4. The van der Waals surface area contributed by atoms with E-state index in [1.165, 1.54) is 12.4 Å². The maximum absolute atomic E-state index is 11.3. The van der Waals surface area contributed by atoms with Gasteiger partial charge in [0, 0.05) is 24.8 Å². The van der Waals surface area contributed by atoms with Gasteiger partial charge in [-0.1, -0.05) is 0 Å². The summed E-state index contributed by atoms with van der Waals surface area (Å²) >= 11 is 0. The first kappa shape index (κ1) is 13.3. The Balaban J connectivity index is 1.76. The molecule has 0 bridgehead atoms. The minimum absolute atomic E-state index is 0.527. The van der Waals surface area contributed by atoms with Gasteiger partial charge in [-0.2, -0.15) is 10.2 Å². The molecule has 0 saturated heterocycles. The SMILES string of the molecule is O=C(N/N=C/c1ccncc1)N/N=C/c1ccncc1. The molecule has 100 valence electrons. The average molecular weight is 268 g/mol. The van der Waals surface area contributed by atoms with Crippen molar-refractivity contribution in [3.05, 3.63) is 60.2 Å². The van der Waals surface area contributed by atoms with Crippen molar-refractivity contribution in [3.63, 3.8) is 0 Å². The van der Waals surface area contributed by atoms with Crippen LogP contribution in [-0.2, 0) is 0 Å². The van der Waals surface area contributed by atoms with Gasteiger partial charge in [0.05, 0.1) is 12.4 Å². The molecule has 0 atom stereocenters. The maximum Gasteiger partial charge on any atom is 0.355 e. The standard InChI is InChI=1S/C13H12N6O/c20-13(18-16-9-11-1-5-14-6-2-11)19-17-10-12-3-7-15-8-4-12/h1-10H,(H2,18,19,20)/b16-9+,17-10+. The Morgan fingerprint density at radius 1 is 0.850 bits per heavy atom. The quantitative estimate of drug-likeness (QED) is 0.643. The summed E-state index contributed by atoms with van der Waals surface area (Å²) in [5.41, 5.74) is 6.25. The molecule has 2 aromatic rings. The first-order valence-corrected chi connectivity index (χ1v) is 5.77. The zero-order valence-electron chi connectivity index (χ0n) is 10.5. The summed E-state index contributed by atoms with van der Waals surface area (Å²) in [4.78, 5) is 19.1. The van der Waals surface area contributed by atoms with Crippen molar-refractivity contribution in [2.45, 2.75) is 0 Å². The van der Waals surface area contributed by atoms with E-state index in [0.717, 1.165) is 11.1 Å². The van der Waals surface area contributed by atoms with E-state index in [4.69, 9.17) is 0 Å². The average Bonchev–Trinajstić information content (AvgIpc) is 2.49. The van der Waals surface area contributed by atoms with Gasteiger partial charge in [0.15, 0.2) is 0 Å². The van der Waals surface area contributed by atoms with Crippen LogP contribution < -0.4 is 10.9 Å². The van der Waals surface area contributed by atoms with Gasteiger partial charge in [-0.25, -0.2) is 15.6 Å². The predicted octanol–water partition coefficient (Wildman–Crippen LogP) is 1.14. The first-order chi connectivity index (χ1) is 9.84. The van der Waals surface area contributed by atoms with Crippen molar-refractivity contribution in [2.75, 3.05) is 0 Å². The lowest BCUT2D eigenvalue weighted by atomic mass is 10.3. The number of pyridine rings is 2. The van der Waals surface area contributed by atoms with E-state index in [1.54, 1.807) is 49.1 Å². The lowest BCUT2D eigenvalue weighted by Gasteiger charge is -1.97. The second-order valence-electron chi connectivity index (χ2n) is 3.63. The molecule has 0 saturated carbocycles. The molecule has 2 aromatic heterocycles. The second-order valence-corrected chi connectivity index (χ2v) is 3.63. The number of aromatic nitrogens is 2. The highest BCUT2D eigenvalue weighted by Gasteiger charge is 1.93. The molecule has 0 fully saturated rings. The molecular weight excluding hydrogens is 256 g/mol. The molecule has 0 spiro atoms. The Kier molecular flexibility index (Phi) is 4.92. The van der Waals surface area contributed by atoms with Gasteiger partial charge in [0.1, 0.15) is 0 Å². The molecule has 0 radical (unpaired) electrons. The summed E-state index contributed by atoms with van der Waals surface area (Å²) in [5.74, 6) is 0. The number of amides is 2. The van der Waals surface area contributed by atoms with Crippen molar-refractivity contribution in [1.82, 2.24) is 20.8 Å². The lowest BCUT2D eigenvalue weighted by molar-refractivity contribution is 0.242. The van der Waals surface area contributed by atoms with E-state index < -0.39 is 6.03 Å². The Morgan fingerprint density at radius 3 is 1.65 bits per heavy atom. The smallest absolute Gasteiger partial charge is 0.265 e. The Hall–Kier alpha value is -3.09. The third kappa shape index (κ3) is 4.65. The number of hydrogen-bond acceptors (Lipinski definition) is 5. The van der Waals surface area contributed by atoms with Crippen LogP contribution in [0.25, 0.3) is 0 Å². The third-order valence-electron chi connectivity index (χ3n) is 2.17. The van der Waals surface area contributed by atoms with Crippen LogP contribution in [0.4, 0.5) is 4.79 Å². The highest BCUT2D eigenvalue weighted by atomic mass is 16.2. The molecule has 2 rings (SSSR count). The molecule has 0 unspecified atom stereocenters. The van der Waals surface area contributed by atoms with Gasteiger partial charge in [-0.05, 0) is 35.4 Å². The minimum atomic E-state index is -0.527. The van der Waals surface area contributed by atoms with Crippen molar-refractivity contribution in [3.8, 4) is 0 Å². The topological polar surface area (TPSA) is 91.6 Å². The van der Waals surface area contributed by atoms with E-state index >= 15 is 0 Å². The first-order valence-electron chi connectivity index (χ1n) is 5.77. The number of carbonyl (C=O) groups is 1. The van der Waals surface area contributed by atoms with Crippen molar-refractivity contribution >= 4 is 18.5 Å². The van der Waals surface area contributed by atoms with E-state index in [-0.39, 0.29) is 0 Å². The molecule has 20 heavy (non-hydrogen) atoms. The number of urea groups is 1. The number of carbonyl (C=O) groups excluding carboxylic acids is 1. The molecule has 2 amide bonds. The fraction of sp³-hybridized carbons (Fsp3) is 0. The summed E-state index contributed by atoms with van der Waals surface area (Å²) in [7, 11) is 0. The van der Waals surface area contributed by atoms with Crippen molar-refractivity contribution in [2.24, 2.45) is 10.2 Å². The number of hydrogen-bond donors (Lipinski definition) is 2. The fourth-order valence-electron chi connectivity index (χ4n) is 1.25. The monoisotopic (exact) mass is 268 g/mol. The van der Waals surface area contributed by atoms with E-state index in [1.807, 2.05) is 0 Å². The van der Waals surface area contributed by atoms with Gasteiger partial charge in [-0.3, -0.25) is 9.97 Å². The Morgan fingerprint density at radius 2 is 1.25 bits per heavy atom. The van der Waals surface area contributed by atoms with Gasteiger partial charge in [0.25, 0.3) is 0 Å². The largest absolute Gasteiger partial charge is 0.355 e. The molecule has 0 aliphatic heterocycles.